The summed E-state index contributed by atoms with van der Waals surface area (Å²) in [5.74, 6) is -0.601. The number of hydrogen-bond donors (Lipinski definition) is 3. The van der Waals surface area contributed by atoms with Gasteiger partial charge in [0.25, 0.3) is 0 Å². The Kier molecular flexibility index (Phi) is 5.53. The van der Waals surface area contributed by atoms with Gasteiger partial charge < -0.3 is 29.7 Å². The Bertz CT molecular complexity index is 1330. The van der Waals surface area contributed by atoms with Crippen molar-refractivity contribution >= 4 is 39.5 Å². The number of carboxylic acids is 1. The molecule has 1 saturated heterocycles. The molecule has 0 spiro atoms. The number of aliphatic hydroxyl groups is 1. The standard InChI is InChI=1S/C23H24N6O4/c1-28(7-10-30)18-13-17(22(31)32)25-21-19(15-3-2-4-16-14(15)5-6-24-16)26-23(27-20(18)21)29-8-11-33-12-9-29/h2-6,13,24,30H,7-12H2,1H3,(H,31,32). The van der Waals surface area contributed by atoms with Crippen LogP contribution in [0.2, 0.25) is 0 Å². The minimum absolute atomic E-state index is 0.0837. The number of H-pyrrole nitrogens is 1. The molecule has 0 atom stereocenters. The van der Waals surface area contributed by atoms with Crippen LogP contribution in [0.3, 0.4) is 0 Å². The minimum Gasteiger partial charge on any atom is -0.477 e. The van der Waals surface area contributed by atoms with Crippen LogP contribution in [0.5, 0.6) is 0 Å². The van der Waals surface area contributed by atoms with Crippen molar-refractivity contribution in [3.8, 4) is 11.3 Å². The Morgan fingerprint density at radius 2 is 2.00 bits per heavy atom. The lowest BCUT2D eigenvalue weighted by molar-refractivity contribution is 0.0691. The van der Waals surface area contributed by atoms with E-state index >= 15 is 0 Å². The first-order valence-corrected chi connectivity index (χ1v) is 10.7. The van der Waals surface area contributed by atoms with Crippen molar-refractivity contribution in [1.29, 1.82) is 0 Å². The molecule has 1 fully saturated rings. The van der Waals surface area contributed by atoms with Crippen molar-refractivity contribution in [1.82, 2.24) is 19.9 Å². The lowest BCUT2D eigenvalue weighted by atomic mass is 10.0. The molecule has 1 aliphatic heterocycles. The summed E-state index contributed by atoms with van der Waals surface area (Å²) in [6.07, 6.45) is 1.86. The van der Waals surface area contributed by atoms with E-state index in [1.807, 2.05) is 30.5 Å². The molecule has 170 valence electrons. The van der Waals surface area contributed by atoms with Crippen molar-refractivity contribution in [3.63, 3.8) is 0 Å². The number of anilines is 2. The number of nitrogens with zero attached hydrogens (tertiary/aromatic N) is 5. The molecule has 3 aromatic heterocycles. The molecule has 0 aliphatic carbocycles. The number of rotatable bonds is 6. The monoisotopic (exact) mass is 448 g/mol. The smallest absolute Gasteiger partial charge is 0.354 e. The van der Waals surface area contributed by atoms with E-state index in [0.29, 0.717) is 61.2 Å². The van der Waals surface area contributed by atoms with Crippen LogP contribution >= 0.6 is 0 Å². The molecule has 10 heteroatoms. The average Bonchev–Trinajstić information content (AvgIpc) is 3.32. The number of fused-ring (bicyclic) bond motifs is 2. The third-order valence-electron chi connectivity index (χ3n) is 5.83. The number of benzene rings is 1. The van der Waals surface area contributed by atoms with Gasteiger partial charge in [0.1, 0.15) is 16.7 Å². The van der Waals surface area contributed by atoms with Gasteiger partial charge >= 0.3 is 5.97 Å². The van der Waals surface area contributed by atoms with Gasteiger partial charge in [-0.05, 0) is 18.2 Å². The predicted molar refractivity (Wildman–Crippen MR) is 125 cm³/mol. The number of pyridine rings is 1. The highest BCUT2D eigenvalue weighted by atomic mass is 16.5. The minimum atomic E-state index is -1.14. The molecule has 1 aromatic carbocycles. The predicted octanol–water partition coefficient (Wildman–Crippen LogP) is 2.14. The van der Waals surface area contributed by atoms with Gasteiger partial charge in [-0.1, -0.05) is 12.1 Å². The van der Waals surface area contributed by atoms with Crippen LogP contribution in [-0.2, 0) is 4.74 Å². The summed E-state index contributed by atoms with van der Waals surface area (Å²) in [6, 6.07) is 9.31. The number of likely N-dealkylation sites (N-methyl/N-ethyl adjacent to an activating group) is 1. The molecule has 0 bridgehead atoms. The molecule has 0 amide bonds. The van der Waals surface area contributed by atoms with E-state index in [1.54, 1.807) is 11.9 Å². The topological polar surface area (TPSA) is 128 Å². The highest BCUT2D eigenvalue weighted by Gasteiger charge is 2.23. The molecule has 4 heterocycles. The lowest BCUT2D eigenvalue weighted by Gasteiger charge is -2.28. The summed E-state index contributed by atoms with van der Waals surface area (Å²) in [4.78, 5) is 33.2. The van der Waals surface area contributed by atoms with Crippen LogP contribution in [0.25, 0.3) is 33.2 Å². The Balaban J connectivity index is 1.84. The fourth-order valence-corrected chi connectivity index (χ4v) is 4.13. The first kappa shape index (κ1) is 21.1. The van der Waals surface area contributed by atoms with Crippen LogP contribution < -0.4 is 9.80 Å². The molecule has 0 unspecified atom stereocenters. The van der Waals surface area contributed by atoms with Gasteiger partial charge in [0, 0.05) is 49.3 Å². The zero-order chi connectivity index (χ0) is 22.9. The zero-order valence-electron chi connectivity index (χ0n) is 18.2. The summed E-state index contributed by atoms with van der Waals surface area (Å²) in [6.45, 7) is 2.70. The summed E-state index contributed by atoms with van der Waals surface area (Å²) >= 11 is 0. The second kappa shape index (κ2) is 8.64. The Labute approximate surface area is 189 Å². The molecular formula is C23H24N6O4. The summed E-state index contributed by atoms with van der Waals surface area (Å²) in [5.41, 5.74) is 3.75. The van der Waals surface area contributed by atoms with Gasteiger partial charge in [-0.25, -0.2) is 19.7 Å². The molecular weight excluding hydrogens is 424 g/mol. The van der Waals surface area contributed by atoms with E-state index in [9.17, 15) is 15.0 Å². The first-order valence-electron chi connectivity index (χ1n) is 10.7. The molecule has 1 aliphatic rings. The van der Waals surface area contributed by atoms with E-state index in [-0.39, 0.29) is 12.3 Å². The number of carbonyl (C=O) groups is 1. The molecule has 10 nitrogen and oxygen atoms in total. The van der Waals surface area contributed by atoms with Gasteiger partial charge in [-0.15, -0.1) is 0 Å². The highest BCUT2D eigenvalue weighted by molar-refractivity contribution is 6.05. The maximum absolute atomic E-state index is 11.9. The van der Waals surface area contributed by atoms with E-state index < -0.39 is 5.97 Å². The highest BCUT2D eigenvalue weighted by Crippen LogP contribution is 2.36. The number of aromatic nitrogens is 4. The van der Waals surface area contributed by atoms with E-state index in [2.05, 4.69) is 14.9 Å². The quantitative estimate of drug-likeness (QED) is 0.406. The van der Waals surface area contributed by atoms with E-state index in [1.165, 1.54) is 6.07 Å². The molecule has 33 heavy (non-hydrogen) atoms. The molecule has 0 saturated carbocycles. The van der Waals surface area contributed by atoms with Crippen LogP contribution in [-0.4, -0.2) is 82.6 Å². The molecule has 0 radical (unpaired) electrons. The van der Waals surface area contributed by atoms with Crippen LogP contribution in [0.15, 0.2) is 36.5 Å². The van der Waals surface area contributed by atoms with Crippen molar-refractivity contribution in [3.05, 3.63) is 42.2 Å². The summed E-state index contributed by atoms with van der Waals surface area (Å²) < 4.78 is 5.49. The SMILES string of the molecule is CN(CCO)c1cc(C(=O)O)nc2c(-c3cccc4[nH]ccc34)nc(N3CCOCC3)nc12. The number of aromatic carboxylic acids is 1. The number of nitrogens with one attached hydrogen (secondary N) is 1. The van der Waals surface area contributed by atoms with Crippen LogP contribution in [0.4, 0.5) is 11.6 Å². The number of aromatic amines is 1. The normalized spacial score (nSPS) is 14.2. The molecule has 4 aromatic rings. The second-order valence-electron chi connectivity index (χ2n) is 7.89. The maximum atomic E-state index is 11.9. The van der Waals surface area contributed by atoms with Crippen LogP contribution in [0, 0.1) is 0 Å². The third-order valence-corrected chi connectivity index (χ3v) is 5.83. The average molecular weight is 448 g/mol. The van der Waals surface area contributed by atoms with Gasteiger partial charge in [0.05, 0.1) is 25.5 Å². The van der Waals surface area contributed by atoms with Gasteiger partial charge in [-0.2, -0.15) is 0 Å². The number of morpholine rings is 1. The van der Waals surface area contributed by atoms with Crippen molar-refractivity contribution in [2.24, 2.45) is 0 Å². The Morgan fingerprint density at radius 3 is 2.76 bits per heavy atom. The second-order valence-corrected chi connectivity index (χ2v) is 7.89. The summed E-state index contributed by atoms with van der Waals surface area (Å²) in [5, 5.41) is 20.2. The van der Waals surface area contributed by atoms with E-state index in [4.69, 9.17) is 14.7 Å². The van der Waals surface area contributed by atoms with Gasteiger partial charge in [-0.3, -0.25) is 0 Å². The van der Waals surface area contributed by atoms with Gasteiger partial charge in [0.2, 0.25) is 5.95 Å². The molecule has 5 rings (SSSR count). The number of ether oxygens (including phenoxy) is 1. The largest absolute Gasteiger partial charge is 0.477 e. The fraction of sp³-hybridized carbons (Fsp3) is 0.304. The fourth-order valence-electron chi connectivity index (χ4n) is 4.13. The maximum Gasteiger partial charge on any atom is 0.354 e. The number of carboxylic acid groups (broad SMARTS) is 1. The zero-order valence-corrected chi connectivity index (χ0v) is 18.2. The third kappa shape index (κ3) is 3.83. The van der Waals surface area contributed by atoms with Gasteiger partial charge in [0.15, 0.2) is 5.69 Å². The molecule has 3 N–H and O–H groups in total. The van der Waals surface area contributed by atoms with Crippen molar-refractivity contribution in [2.45, 2.75) is 0 Å². The van der Waals surface area contributed by atoms with Crippen molar-refractivity contribution in [2.75, 3.05) is 56.3 Å². The Hall–Kier alpha value is -3.76. The number of aliphatic hydroxyl groups excluding tert-OH is 1. The van der Waals surface area contributed by atoms with Crippen LogP contribution in [0.1, 0.15) is 10.5 Å². The summed E-state index contributed by atoms with van der Waals surface area (Å²) in [7, 11) is 1.79. The number of hydrogen-bond acceptors (Lipinski definition) is 8. The van der Waals surface area contributed by atoms with Crippen molar-refractivity contribution < 1.29 is 19.7 Å². The van der Waals surface area contributed by atoms with E-state index in [0.717, 1.165) is 16.5 Å². The first-order chi connectivity index (χ1) is 16.1. The Morgan fingerprint density at radius 1 is 1.18 bits per heavy atom. The lowest BCUT2D eigenvalue weighted by Crippen LogP contribution is -2.37.